The minimum absolute atomic E-state index is 0.134. The predicted octanol–water partition coefficient (Wildman–Crippen LogP) is 21.4. The number of carbonyl (C=O) groups is 3. The number of ether oxygens (including phenoxy) is 9. The number of esters is 3. The van der Waals surface area contributed by atoms with Crippen LogP contribution in [0.15, 0.2) is 124 Å². The van der Waals surface area contributed by atoms with Gasteiger partial charge in [0.15, 0.2) is 34.5 Å². The van der Waals surface area contributed by atoms with Crippen molar-refractivity contribution >= 4 is 164 Å². The maximum absolute atomic E-state index is 13.6. The zero-order valence-electron chi connectivity index (χ0n) is 54.7. The van der Waals surface area contributed by atoms with Gasteiger partial charge in [-0.25, -0.2) is 14.4 Å². The van der Waals surface area contributed by atoms with E-state index in [1.807, 2.05) is 72.8 Å². The highest BCUT2D eigenvalue weighted by Gasteiger charge is 2.61. The number of halogens is 6. The Morgan fingerprint density at radius 1 is 0.330 bits per heavy atom. The van der Waals surface area contributed by atoms with Gasteiger partial charge in [0.05, 0.1) is 32.3 Å². The molecule has 0 amide bonds. The van der Waals surface area contributed by atoms with E-state index >= 15 is 0 Å². The Hall–Kier alpha value is -2.74. The van der Waals surface area contributed by atoms with Crippen molar-refractivity contribution in [2.24, 2.45) is 71.0 Å². The van der Waals surface area contributed by atoms with Crippen molar-refractivity contribution in [2.45, 2.75) is 168 Å². The average molecular weight is 2000 g/mol. The first-order valence-corrected chi connectivity index (χ1v) is 42.6. The molecule has 18 rings (SSSR count). The molecule has 0 saturated heterocycles. The summed E-state index contributed by atoms with van der Waals surface area (Å²) in [7, 11) is -0.591. The summed E-state index contributed by atoms with van der Waals surface area (Å²) in [6.07, 6.45) is 20.8. The fourth-order valence-electron chi connectivity index (χ4n) is 20.3. The third-order valence-corrected chi connectivity index (χ3v) is 31.3. The molecule has 0 N–H and O–H groups in total. The number of hydrogen-bond donors (Lipinski definition) is 0. The molecule has 12 aliphatic carbocycles. The molecule has 12 aliphatic rings. The fraction of sp³-hybridized carbons (Fsp3) is 0.500. The van der Waals surface area contributed by atoms with Crippen molar-refractivity contribution in [1.82, 2.24) is 0 Å². The second-order valence-corrected chi connectivity index (χ2v) is 38.3. The van der Waals surface area contributed by atoms with Gasteiger partial charge in [-0.3, -0.25) is 0 Å². The van der Waals surface area contributed by atoms with E-state index in [0.717, 1.165) is 90.9 Å². The second-order valence-electron chi connectivity index (χ2n) is 29.3. The largest absolute Gasteiger partial charge is 0.481 e. The second kappa shape index (κ2) is 29.1. The van der Waals surface area contributed by atoms with Crippen LogP contribution < -0.4 is 28.4 Å². The van der Waals surface area contributed by atoms with Crippen molar-refractivity contribution in [3.8, 4) is 51.7 Å². The van der Waals surface area contributed by atoms with Gasteiger partial charge in [-0.05, 0) is 431 Å². The summed E-state index contributed by atoms with van der Waals surface area (Å²) in [5.41, 5.74) is -1.09. The zero-order valence-corrected chi connectivity index (χ0v) is 68.5. The molecule has 12 saturated carbocycles. The quantitative estimate of drug-likeness (QED) is 0.0247. The van der Waals surface area contributed by atoms with Crippen LogP contribution in [0, 0.1) is 92.4 Å². The van der Waals surface area contributed by atoms with Gasteiger partial charge < -0.3 is 42.6 Å². The molecule has 0 atom stereocenters. The first-order valence-electron chi connectivity index (χ1n) is 34.9. The topological polar surface area (TPSA) is 134 Å². The number of rotatable bonds is 24. The molecule has 0 aliphatic heterocycles. The number of hydrogen-bond acceptors (Lipinski definition) is 12. The Morgan fingerprint density at radius 2 is 0.536 bits per heavy atom. The lowest BCUT2D eigenvalue weighted by atomic mass is 9.49. The first kappa shape index (κ1) is 69.9. The highest BCUT2D eigenvalue weighted by Crippen LogP contribution is 2.64. The van der Waals surface area contributed by atoms with Crippen LogP contribution >= 0.6 is 136 Å². The Morgan fingerprint density at radius 3 is 0.753 bits per heavy atom. The molecule has 19 heteroatoms. The van der Waals surface area contributed by atoms with Crippen LogP contribution in [0.4, 0.5) is 0 Å². The van der Waals surface area contributed by atoms with E-state index in [9.17, 15) is 14.4 Å². The Balaban J connectivity index is 0.622. The molecule has 12 bridgehead atoms. The van der Waals surface area contributed by atoms with Gasteiger partial charge in [-0.1, -0.05) is 20.8 Å². The van der Waals surface area contributed by atoms with E-state index in [4.69, 9.17) is 42.6 Å². The van der Waals surface area contributed by atoms with Crippen LogP contribution in [0.2, 0.25) is 0 Å². The summed E-state index contributed by atoms with van der Waals surface area (Å²) in [5, 5.41) is 0. The van der Waals surface area contributed by atoms with Crippen LogP contribution in [0.3, 0.4) is 0 Å². The monoisotopic (exact) mass is 2000 g/mol. The SMILES string of the molecule is CCC1(OC(=O)COc2cc(I)c(Oc3ccc([S+](c4ccc(Oc5cc(I)c(OCC(=O)OC6(CC)C7CC8CC(C7)CC6C8)cc5I)cc4)c4ccc(Oc5cc(I)c(OCC(=O)OC6(CC)C7CC8CC(C7)CC6C8)cc5I)cc4)cc3)cc2I)C2CC3CC(C2)CC1C3. The van der Waals surface area contributed by atoms with Gasteiger partial charge in [0.2, 0.25) is 0 Å². The minimum Gasteiger partial charge on any atom is -0.481 e. The van der Waals surface area contributed by atoms with E-state index < -0.39 is 10.9 Å². The molecule has 0 radical (unpaired) electrons. The molecule has 6 aromatic rings. The van der Waals surface area contributed by atoms with Gasteiger partial charge in [0, 0.05) is 0 Å². The van der Waals surface area contributed by atoms with Crippen LogP contribution in [0.5, 0.6) is 51.7 Å². The van der Waals surface area contributed by atoms with Crippen molar-refractivity contribution < 1.29 is 57.0 Å². The molecule has 0 heterocycles. The normalized spacial score (nSPS) is 30.8. The Kier molecular flexibility index (Phi) is 21.0. The third-order valence-electron chi connectivity index (χ3n) is 24.0. The highest BCUT2D eigenvalue weighted by molar-refractivity contribution is 14.1. The lowest BCUT2D eigenvalue weighted by Crippen LogP contribution is -2.59. The van der Waals surface area contributed by atoms with E-state index in [0.29, 0.717) is 87.3 Å². The summed E-state index contributed by atoms with van der Waals surface area (Å²) < 4.78 is 62.9. The predicted molar refractivity (Wildman–Crippen MR) is 422 cm³/mol. The number of benzene rings is 6. The lowest BCUT2D eigenvalue weighted by Gasteiger charge is -2.60. The van der Waals surface area contributed by atoms with Gasteiger partial charge in [-0.2, -0.15) is 0 Å². The molecule has 97 heavy (non-hydrogen) atoms. The summed E-state index contributed by atoms with van der Waals surface area (Å²) >= 11 is 13.6. The first-order chi connectivity index (χ1) is 46.8. The molecule has 12 nitrogen and oxygen atoms in total. The molecule has 0 spiro atoms. The van der Waals surface area contributed by atoms with Gasteiger partial charge in [0.25, 0.3) is 0 Å². The fourth-order valence-corrected chi connectivity index (χ4v) is 25.8. The number of carbonyl (C=O) groups excluding carboxylic acids is 3. The minimum atomic E-state index is -0.591. The van der Waals surface area contributed by atoms with Gasteiger partial charge >= 0.3 is 17.9 Å². The van der Waals surface area contributed by atoms with E-state index in [1.165, 1.54) is 96.3 Å². The molecule has 12 fully saturated rings. The summed E-state index contributed by atoms with van der Waals surface area (Å²) in [6.45, 7) is 6.16. The third kappa shape index (κ3) is 14.2. The summed E-state index contributed by atoms with van der Waals surface area (Å²) in [6, 6.07) is 36.5. The molecular weight excluding hydrogens is 1920 g/mol. The van der Waals surface area contributed by atoms with Crippen LogP contribution in [0.1, 0.15) is 136 Å². The molecule has 6 aromatic carbocycles. The average Bonchev–Trinajstić information content (AvgIpc) is 0.741. The zero-order chi connectivity index (χ0) is 67.1. The van der Waals surface area contributed by atoms with Gasteiger partial charge in [-0.15, -0.1) is 0 Å². The van der Waals surface area contributed by atoms with Crippen molar-refractivity contribution in [3.63, 3.8) is 0 Å². The maximum Gasteiger partial charge on any atom is 0.344 e. The molecular formula is C78H81I6O12S+. The standard InChI is InChI=1S/C78H81I6O12S/c1-4-76(49-22-43-19-44(24-49)25-50(76)23-43)94-73(85)40-88-67-34-64(82)70(37-61(67)79)91-55-7-13-58(14-8-55)97(59-15-9-56(10-16-59)92-71-38-62(80)68(35-65(71)83)89-41-74(86)95-77(5-2)51-26-45-20-46(28-51)29-52(77)27-45)60-17-11-57(12-18-60)93-72-39-63(81)69(36-66(72)84)90-42-75(87)96-78(6-3)53-30-47-21-48(32-53)33-54(78)31-47/h7-18,34-39,43-54H,4-6,19-33,40-42H2,1-3H3/q+1. The van der Waals surface area contributed by atoms with E-state index in [2.05, 4.69) is 193 Å². The lowest BCUT2D eigenvalue weighted by molar-refractivity contribution is -0.212. The molecule has 0 aromatic heterocycles. The van der Waals surface area contributed by atoms with Crippen LogP contribution in [-0.2, 0) is 39.5 Å². The summed E-state index contributed by atoms with van der Waals surface area (Å²) in [4.78, 5) is 43.9. The smallest absolute Gasteiger partial charge is 0.344 e. The van der Waals surface area contributed by atoms with Gasteiger partial charge in [0.1, 0.15) is 68.5 Å². The van der Waals surface area contributed by atoms with E-state index in [1.54, 1.807) is 0 Å². The highest BCUT2D eigenvalue weighted by atomic mass is 127. The summed E-state index contributed by atoms with van der Waals surface area (Å²) in [5.74, 6) is 12.6. The molecule has 512 valence electrons. The maximum atomic E-state index is 13.6. The van der Waals surface area contributed by atoms with Crippen LogP contribution in [0.25, 0.3) is 0 Å². The van der Waals surface area contributed by atoms with Crippen molar-refractivity contribution in [2.75, 3.05) is 19.8 Å². The van der Waals surface area contributed by atoms with Crippen molar-refractivity contribution in [1.29, 1.82) is 0 Å². The van der Waals surface area contributed by atoms with Crippen molar-refractivity contribution in [3.05, 3.63) is 131 Å². The van der Waals surface area contributed by atoms with E-state index in [-0.39, 0.29) is 54.5 Å². The molecule has 0 unspecified atom stereocenters. The Labute approximate surface area is 654 Å². The van der Waals surface area contributed by atoms with Crippen LogP contribution in [-0.4, -0.2) is 54.5 Å². The Bertz CT molecular complexity index is 3470.